The topological polar surface area (TPSA) is 38.0 Å². The van der Waals surface area contributed by atoms with Gasteiger partial charge in [-0.25, -0.2) is 0 Å². The quantitative estimate of drug-likeness (QED) is 0.530. The predicted octanol–water partition coefficient (Wildman–Crippen LogP) is 4.80. The Labute approximate surface area is 139 Å². The Morgan fingerprint density at radius 3 is 2.52 bits per heavy atom. The van der Waals surface area contributed by atoms with Gasteiger partial charge in [0.2, 0.25) is 0 Å². The zero-order valence-electron chi connectivity index (χ0n) is 12.7. The highest BCUT2D eigenvalue weighted by Gasteiger charge is 2.10. The minimum atomic E-state index is -0.181. The van der Waals surface area contributed by atoms with Crippen LogP contribution in [0.4, 0.5) is 0 Å². The van der Waals surface area contributed by atoms with Crippen LogP contribution in [0.1, 0.15) is 17.3 Å². The van der Waals surface area contributed by atoms with Crippen molar-refractivity contribution in [2.24, 2.45) is 5.73 Å². The molecule has 0 aliphatic carbocycles. The van der Waals surface area contributed by atoms with Crippen LogP contribution in [0, 0.1) is 0 Å². The smallest absolute Gasteiger partial charge is 0.0818 e. The molecule has 0 spiro atoms. The van der Waals surface area contributed by atoms with Crippen LogP contribution < -0.4 is 11.1 Å². The summed E-state index contributed by atoms with van der Waals surface area (Å²) in [5.74, 6) is 0. The first-order valence-electron chi connectivity index (χ1n) is 7.75. The average Bonchev–Trinajstić information content (AvgIpc) is 3.02. The van der Waals surface area contributed by atoms with Crippen molar-refractivity contribution < 1.29 is 0 Å². The van der Waals surface area contributed by atoms with Crippen molar-refractivity contribution in [1.82, 2.24) is 5.32 Å². The van der Waals surface area contributed by atoms with Crippen LogP contribution in [-0.4, -0.2) is 0 Å². The van der Waals surface area contributed by atoms with Crippen molar-refractivity contribution in [3.8, 4) is 0 Å². The SMILES string of the molecule is NC(NCc1csc2ccccc12)c1cccc2ccccc12. The molecule has 23 heavy (non-hydrogen) atoms. The molecule has 0 bridgehead atoms. The van der Waals surface area contributed by atoms with Gasteiger partial charge in [-0.15, -0.1) is 11.3 Å². The standard InChI is InChI=1S/C20H18N2S/c21-20(18-10-5-7-14-6-1-2-8-16(14)18)22-12-15-13-23-19-11-4-3-9-17(15)19/h1-11,13,20,22H,12,21H2. The third-order valence-corrected chi connectivity index (χ3v) is 5.24. The van der Waals surface area contributed by atoms with E-state index in [1.165, 1.54) is 26.4 Å². The van der Waals surface area contributed by atoms with Crippen molar-refractivity contribution >= 4 is 32.2 Å². The van der Waals surface area contributed by atoms with Crippen LogP contribution in [0.3, 0.4) is 0 Å². The molecule has 1 atom stereocenters. The number of thiophene rings is 1. The molecule has 0 amide bonds. The summed E-state index contributed by atoms with van der Waals surface area (Å²) in [6, 6.07) is 23.2. The molecule has 4 aromatic rings. The second-order valence-corrected chi connectivity index (χ2v) is 6.60. The lowest BCUT2D eigenvalue weighted by Crippen LogP contribution is -2.28. The summed E-state index contributed by atoms with van der Waals surface area (Å²) >= 11 is 1.78. The molecule has 0 aliphatic heterocycles. The van der Waals surface area contributed by atoms with Crippen molar-refractivity contribution in [3.05, 3.63) is 83.2 Å². The summed E-state index contributed by atoms with van der Waals surface area (Å²) in [5.41, 5.74) is 8.86. The van der Waals surface area contributed by atoms with E-state index in [1.54, 1.807) is 11.3 Å². The molecule has 0 radical (unpaired) electrons. The van der Waals surface area contributed by atoms with E-state index in [0.717, 1.165) is 12.1 Å². The number of nitrogens with one attached hydrogen (secondary N) is 1. The first-order chi connectivity index (χ1) is 11.3. The number of benzene rings is 3. The van der Waals surface area contributed by atoms with Crippen molar-refractivity contribution in [2.75, 3.05) is 0 Å². The molecule has 0 aliphatic rings. The number of hydrogen-bond donors (Lipinski definition) is 2. The highest BCUT2D eigenvalue weighted by molar-refractivity contribution is 7.17. The first-order valence-corrected chi connectivity index (χ1v) is 8.62. The second kappa shape index (κ2) is 6.13. The third kappa shape index (κ3) is 2.75. The number of rotatable bonds is 4. The number of nitrogens with two attached hydrogens (primary N) is 1. The van der Waals surface area contributed by atoms with Crippen LogP contribution >= 0.6 is 11.3 Å². The van der Waals surface area contributed by atoms with Gasteiger partial charge in [0.1, 0.15) is 0 Å². The highest BCUT2D eigenvalue weighted by Crippen LogP contribution is 2.26. The molecule has 1 unspecified atom stereocenters. The summed E-state index contributed by atoms with van der Waals surface area (Å²) in [7, 11) is 0. The van der Waals surface area contributed by atoms with E-state index in [2.05, 4.69) is 77.4 Å². The first kappa shape index (κ1) is 14.4. The van der Waals surface area contributed by atoms with Gasteiger partial charge in [0.05, 0.1) is 6.17 Å². The molecule has 3 heteroatoms. The maximum atomic E-state index is 6.41. The van der Waals surface area contributed by atoms with Crippen molar-refractivity contribution in [2.45, 2.75) is 12.7 Å². The molecule has 0 fully saturated rings. The summed E-state index contributed by atoms with van der Waals surface area (Å²) < 4.78 is 1.32. The minimum Gasteiger partial charge on any atom is -0.312 e. The molecule has 3 aromatic carbocycles. The van der Waals surface area contributed by atoms with Crippen LogP contribution in [0.15, 0.2) is 72.1 Å². The summed E-state index contributed by atoms with van der Waals surface area (Å²) in [4.78, 5) is 0. The predicted molar refractivity (Wildman–Crippen MR) is 99.5 cm³/mol. The Balaban J connectivity index is 1.59. The molecule has 114 valence electrons. The average molecular weight is 318 g/mol. The number of fused-ring (bicyclic) bond motifs is 2. The molecule has 1 aromatic heterocycles. The van der Waals surface area contributed by atoms with E-state index in [0.29, 0.717) is 0 Å². The lowest BCUT2D eigenvalue weighted by atomic mass is 10.0. The molecule has 2 nitrogen and oxygen atoms in total. The second-order valence-electron chi connectivity index (χ2n) is 5.68. The molecule has 3 N–H and O–H groups in total. The van der Waals surface area contributed by atoms with Crippen LogP contribution in [-0.2, 0) is 6.54 Å². The van der Waals surface area contributed by atoms with Gasteiger partial charge in [-0.3, -0.25) is 5.32 Å². The molecule has 0 saturated carbocycles. The van der Waals surface area contributed by atoms with E-state index in [9.17, 15) is 0 Å². The van der Waals surface area contributed by atoms with E-state index in [-0.39, 0.29) is 6.17 Å². The lowest BCUT2D eigenvalue weighted by Gasteiger charge is -2.16. The summed E-state index contributed by atoms with van der Waals surface area (Å²) in [5, 5.41) is 9.44. The molecular formula is C20H18N2S. The highest BCUT2D eigenvalue weighted by atomic mass is 32.1. The van der Waals surface area contributed by atoms with Gasteiger partial charge in [-0.1, -0.05) is 60.7 Å². The minimum absolute atomic E-state index is 0.181. The summed E-state index contributed by atoms with van der Waals surface area (Å²) in [6.45, 7) is 0.772. The van der Waals surface area contributed by atoms with Gasteiger partial charge in [0.15, 0.2) is 0 Å². The largest absolute Gasteiger partial charge is 0.312 e. The normalized spacial score (nSPS) is 12.7. The Hall–Kier alpha value is -2.20. The fraction of sp³-hybridized carbons (Fsp3) is 0.100. The monoisotopic (exact) mass is 318 g/mol. The molecule has 0 saturated heterocycles. The van der Waals surface area contributed by atoms with E-state index >= 15 is 0 Å². The molecular weight excluding hydrogens is 300 g/mol. The van der Waals surface area contributed by atoms with E-state index in [4.69, 9.17) is 5.73 Å². The Kier molecular flexibility index (Phi) is 3.83. The van der Waals surface area contributed by atoms with E-state index in [1.807, 2.05) is 0 Å². The van der Waals surface area contributed by atoms with Crippen molar-refractivity contribution in [3.63, 3.8) is 0 Å². The van der Waals surface area contributed by atoms with Crippen molar-refractivity contribution in [1.29, 1.82) is 0 Å². The van der Waals surface area contributed by atoms with Crippen LogP contribution in [0.5, 0.6) is 0 Å². The van der Waals surface area contributed by atoms with E-state index < -0.39 is 0 Å². The Morgan fingerprint density at radius 2 is 1.61 bits per heavy atom. The van der Waals surface area contributed by atoms with Gasteiger partial charge in [-0.2, -0.15) is 0 Å². The maximum absolute atomic E-state index is 6.41. The van der Waals surface area contributed by atoms with Crippen LogP contribution in [0.2, 0.25) is 0 Å². The fourth-order valence-electron chi connectivity index (χ4n) is 3.02. The van der Waals surface area contributed by atoms with Gasteiger partial charge in [0.25, 0.3) is 0 Å². The Bertz CT molecular complexity index is 953. The zero-order valence-corrected chi connectivity index (χ0v) is 13.5. The lowest BCUT2D eigenvalue weighted by molar-refractivity contribution is 0.557. The zero-order chi connectivity index (χ0) is 15.6. The number of hydrogen-bond acceptors (Lipinski definition) is 3. The fourth-order valence-corrected chi connectivity index (χ4v) is 3.98. The third-order valence-electron chi connectivity index (χ3n) is 4.23. The van der Waals surface area contributed by atoms with Crippen LogP contribution in [0.25, 0.3) is 20.9 Å². The molecule has 1 heterocycles. The van der Waals surface area contributed by atoms with Gasteiger partial charge >= 0.3 is 0 Å². The van der Waals surface area contributed by atoms with Gasteiger partial charge in [0, 0.05) is 11.2 Å². The Morgan fingerprint density at radius 1 is 0.870 bits per heavy atom. The molecule has 4 rings (SSSR count). The maximum Gasteiger partial charge on any atom is 0.0818 e. The summed E-state index contributed by atoms with van der Waals surface area (Å²) in [6.07, 6.45) is -0.181. The van der Waals surface area contributed by atoms with Gasteiger partial charge in [-0.05, 0) is 38.7 Å². The van der Waals surface area contributed by atoms with Gasteiger partial charge < -0.3 is 5.73 Å².